The van der Waals surface area contributed by atoms with Crippen LogP contribution in [0.5, 0.6) is 0 Å². The van der Waals surface area contributed by atoms with Crippen molar-refractivity contribution in [3.05, 3.63) is 24.3 Å². The summed E-state index contributed by atoms with van der Waals surface area (Å²) in [6.07, 6.45) is 23.0. The number of likely N-dealkylation sites (N-methyl/N-ethyl adjacent to an activating group) is 1. The molecule has 0 aliphatic heterocycles. The summed E-state index contributed by atoms with van der Waals surface area (Å²) in [5, 5.41) is 2.96. The number of carbonyl (C=O) groups excluding carboxylic acids is 1. The maximum atomic E-state index is 11.4. The van der Waals surface area contributed by atoms with E-state index in [-0.39, 0.29) is 5.97 Å². The van der Waals surface area contributed by atoms with Gasteiger partial charge in [0.15, 0.2) is 0 Å². The molecule has 0 aliphatic carbocycles. The SMILES string of the molecule is CCCCC/C=C\C/C=C\CCCCCCCC(=O)OCCNC. The van der Waals surface area contributed by atoms with E-state index >= 15 is 0 Å². The second-order valence-electron chi connectivity index (χ2n) is 6.30. The maximum absolute atomic E-state index is 11.4. The second-order valence-corrected chi connectivity index (χ2v) is 6.30. The molecule has 0 bridgehead atoms. The van der Waals surface area contributed by atoms with Gasteiger partial charge in [0.05, 0.1) is 0 Å². The number of carbonyl (C=O) groups is 1. The first-order valence-electron chi connectivity index (χ1n) is 9.91. The van der Waals surface area contributed by atoms with Crippen molar-refractivity contribution in [2.24, 2.45) is 0 Å². The van der Waals surface area contributed by atoms with Crippen molar-refractivity contribution in [3.8, 4) is 0 Å². The van der Waals surface area contributed by atoms with E-state index in [0.717, 1.165) is 25.8 Å². The van der Waals surface area contributed by atoms with E-state index in [1.165, 1.54) is 51.4 Å². The summed E-state index contributed by atoms with van der Waals surface area (Å²) in [6.45, 7) is 3.45. The summed E-state index contributed by atoms with van der Waals surface area (Å²) in [7, 11) is 1.86. The highest BCUT2D eigenvalue weighted by atomic mass is 16.5. The topological polar surface area (TPSA) is 38.3 Å². The second kappa shape index (κ2) is 20.0. The van der Waals surface area contributed by atoms with Gasteiger partial charge in [-0.1, -0.05) is 63.3 Å². The van der Waals surface area contributed by atoms with Gasteiger partial charge in [-0.25, -0.2) is 0 Å². The van der Waals surface area contributed by atoms with E-state index in [4.69, 9.17) is 4.74 Å². The molecule has 0 radical (unpaired) electrons. The Morgan fingerprint density at radius 3 is 2.17 bits per heavy atom. The third-order valence-corrected chi connectivity index (χ3v) is 3.95. The molecule has 0 heterocycles. The van der Waals surface area contributed by atoms with E-state index in [9.17, 15) is 4.79 Å². The van der Waals surface area contributed by atoms with Crippen molar-refractivity contribution < 1.29 is 9.53 Å². The smallest absolute Gasteiger partial charge is 0.305 e. The first-order valence-corrected chi connectivity index (χ1v) is 9.91. The number of nitrogens with one attached hydrogen (secondary N) is 1. The summed E-state index contributed by atoms with van der Waals surface area (Å²) in [5.41, 5.74) is 0. The largest absolute Gasteiger partial charge is 0.464 e. The highest BCUT2D eigenvalue weighted by Crippen LogP contribution is 2.08. The summed E-state index contributed by atoms with van der Waals surface area (Å²) in [4.78, 5) is 11.4. The predicted molar refractivity (Wildman–Crippen MR) is 104 cm³/mol. The molecule has 0 aromatic heterocycles. The lowest BCUT2D eigenvalue weighted by Gasteiger charge is -2.04. The molecular weight excluding hydrogens is 298 g/mol. The molecule has 24 heavy (non-hydrogen) atoms. The standard InChI is InChI=1S/C21H39NO2/c1-3-4-5-6-7-8-9-10-11-12-13-14-15-16-17-18-21(23)24-20-19-22-2/h7-8,10-11,22H,3-6,9,12-20H2,1-2H3/b8-7-,11-10-. The highest BCUT2D eigenvalue weighted by Gasteiger charge is 2.01. The van der Waals surface area contributed by atoms with Gasteiger partial charge in [0.1, 0.15) is 6.61 Å². The Balaban J connectivity index is 3.24. The zero-order valence-corrected chi connectivity index (χ0v) is 16.0. The summed E-state index contributed by atoms with van der Waals surface area (Å²) in [5.74, 6) is -0.0593. The van der Waals surface area contributed by atoms with Crippen molar-refractivity contribution >= 4 is 5.97 Å². The molecule has 0 unspecified atom stereocenters. The Hall–Kier alpha value is -1.09. The predicted octanol–water partition coefficient (Wildman–Crippen LogP) is 5.56. The maximum Gasteiger partial charge on any atom is 0.305 e. The number of hydrogen-bond acceptors (Lipinski definition) is 3. The van der Waals surface area contributed by atoms with Gasteiger partial charge in [0, 0.05) is 13.0 Å². The first kappa shape index (κ1) is 22.9. The Morgan fingerprint density at radius 2 is 1.50 bits per heavy atom. The van der Waals surface area contributed by atoms with Crippen LogP contribution in [0.25, 0.3) is 0 Å². The summed E-state index contributed by atoms with van der Waals surface area (Å²) >= 11 is 0. The Kier molecular flexibility index (Phi) is 19.0. The lowest BCUT2D eigenvalue weighted by Crippen LogP contribution is -2.17. The molecule has 0 spiro atoms. The average Bonchev–Trinajstić information content (AvgIpc) is 2.58. The Bertz CT molecular complexity index is 324. The molecule has 0 saturated heterocycles. The zero-order chi connectivity index (χ0) is 17.7. The molecule has 140 valence electrons. The molecule has 0 amide bonds. The van der Waals surface area contributed by atoms with Crippen molar-refractivity contribution in [2.75, 3.05) is 20.2 Å². The first-order chi connectivity index (χ1) is 11.8. The van der Waals surface area contributed by atoms with Gasteiger partial charge in [-0.3, -0.25) is 4.79 Å². The van der Waals surface area contributed by atoms with Crippen molar-refractivity contribution in [2.45, 2.75) is 84.0 Å². The van der Waals surface area contributed by atoms with Crippen LogP contribution in [0.1, 0.15) is 84.0 Å². The fourth-order valence-electron chi connectivity index (χ4n) is 2.42. The van der Waals surface area contributed by atoms with Crippen LogP contribution >= 0.6 is 0 Å². The fraction of sp³-hybridized carbons (Fsp3) is 0.762. The number of esters is 1. The molecule has 0 aromatic rings. The van der Waals surface area contributed by atoms with E-state index in [0.29, 0.717) is 13.0 Å². The number of allylic oxidation sites excluding steroid dienone is 4. The third kappa shape index (κ3) is 19.0. The van der Waals surface area contributed by atoms with E-state index in [2.05, 4.69) is 36.5 Å². The number of unbranched alkanes of at least 4 members (excludes halogenated alkanes) is 8. The Labute approximate surface area is 149 Å². The van der Waals surface area contributed by atoms with Crippen LogP contribution in [0.4, 0.5) is 0 Å². The molecule has 0 fully saturated rings. The molecule has 0 atom stereocenters. The van der Waals surface area contributed by atoms with Crippen LogP contribution in [-0.4, -0.2) is 26.2 Å². The molecule has 3 heteroatoms. The number of hydrogen-bond donors (Lipinski definition) is 1. The molecule has 0 rings (SSSR count). The van der Waals surface area contributed by atoms with Gasteiger partial charge in [-0.15, -0.1) is 0 Å². The van der Waals surface area contributed by atoms with E-state index in [1.54, 1.807) is 0 Å². The lowest BCUT2D eigenvalue weighted by molar-refractivity contribution is -0.143. The fourth-order valence-corrected chi connectivity index (χ4v) is 2.42. The Morgan fingerprint density at radius 1 is 0.875 bits per heavy atom. The summed E-state index contributed by atoms with van der Waals surface area (Å²) in [6, 6.07) is 0. The van der Waals surface area contributed by atoms with Gasteiger partial charge in [-0.2, -0.15) is 0 Å². The minimum absolute atomic E-state index is 0.0593. The van der Waals surface area contributed by atoms with Crippen LogP contribution in [0, 0.1) is 0 Å². The monoisotopic (exact) mass is 337 g/mol. The molecule has 0 aliphatic rings. The average molecular weight is 338 g/mol. The molecular formula is C21H39NO2. The molecule has 3 nitrogen and oxygen atoms in total. The van der Waals surface area contributed by atoms with Crippen molar-refractivity contribution in [3.63, 3.8) is 0 Å². The summed E-state index contributed by atoms with van der Waals surface area (Å²) < 4.78 is 5.09. The lowest BCUT2D eigenvalue weighted by atomic mass is 10.1. The minimum Gasteiger partial charge on any atom is -0.464 e. The van der Waals surface area contributed by atoms with E-state index < -0.39 is 0 Å². The van der Waals surface area contributed by atoms with Gasteiger partial charge >= 0.3 is 5.97 Å². The molecule has 0 aromatic carbocycles. The van der Waals surface area contributed by atoms with Crippen LogP contribution in [0.2, 0.25) is 0 Å². The van der Waals surface area contributed by atoms with Crippen LogP contribution < -0.4 is 5.32 Å². The number of ether oxygens (including phenoxy) is 1. The van der Waals surface area contributed by atoms with Gasteiger partial charge in [0.25, 0.3) is 0 Å². The van der Waals surface area contributed by atoms with E-state index in [1.807, 2.05) is 7.05 Å². The quantitative estimate of drug-likeness (QED) is 0.214. The van der Waals surface area contributed by atoms with Crippen LogP contribution in [-0.2, 0) is 9.53 Å². The zero-order valence-electron chi connectivity index (χ0n) is 16.0. The molecule has 1 N–H and O–H groups in total. The van der Waals surface area contributed by atoms with Gasteiger partial charge < -0.3 is 10.1 Å². The normalized spacial score (nSPS) is 11.6. The third-order valence-electron chi connectivity index (χ3n) is 3.95. The van der Waals surface area contributed by atoms with Crippen LogP contribution in [0.15, 0.2) is 24.3 Å². The minimum atomic E-state index is -0.0593. The van der Waals surface area contributed by atoms with Gasteiger partial charge in [0.2, 0.25) is 0 Å². The molecule has 0 saturated carbocycles. The number of rotatable bonds is 17. The van der Waals surface area contributed by atoms with Gasteiger partial charge in [-0.05, 0) is 45.6 Å². The van der Waals surface area contributed by atoms with Crippen LogP contribution in [0.3, 0.4) is 0 Å². The van der Waals surface area contributed by atoms with Crippen molar-refractivity contribution in [1.82, 2.24) is 5.32 Å². The van der Waals surface area contributed by atoms with Crippen molar-refractivity contribution in [1.29, 1.82) is 0 Å². The highest BCUT2D eigenvalue weighted by molar-refractivity contribution is 5.69.